The zero-order valence-corrected chi connectivity index (χ0v) is 12.1. The lowest BCUT2D eigenvalue weighted by atomic mass is 10.1. The van der Waals surface area contributed by atoms with Gasteiger partial charge in [-0.05, 0) is 26.0 Å². The quantitative estimate of drug-likeness (QED) is 0.329. The van der Waals surface area contributed by atoms with Gasteiger partial charge in [0.1, 0.15) is 11.4 Å². The molecule has 0 saturated heterocycles. The van der Waals surface area contributed by atoms with Gasteiger partial charge in [-0.2, -0.15) is 0 Å². The summed E-state index contributed by atoms with van der Waals surface area (Å²) in [6, 6.07) is 11.4. The van der Waals surface area contributed by atoms with Crippen molar-refractivity contribution in [1.29, 1.82) is 0 Å². The average molecular weight is 294 g/mol. The maximum absolute atomic E-state index is 8.91. The lowest BCUT2D eigenvalue weighted by Crippen LogP contribution is -2.01. The average Bonchev–Trinajstić information content (AvgIpc) is 2.59. The molecule has 0 aliphatic carbocycles. The van der Waals surface area contributed by atoms with E-state index in [1.165, 1.54) is 0 Å². The topological polar surface area (TPSA) is 91.0 Å². The van der Waals surface area contributed by atoms with E-state index in [-0.39, 0.29) is 0 Å². The third-order valence-electron chi connectivity index (χ3n) is 3.56. The number of fused-ring (bicyclic) bond motifs is 3. The molecule has 3 aromatic rings. The van der Waals surface area contributed by atoms with Gasteiger partial charge in [-0.1, -0.05) is 34.6 Å². The van der Waals surface area contributed by atoms with Crippen LogP contribution in [0.4, 0.5) is 0 Å². The van der Waals surface area contributed by atoms with Gasteiger partial charge in [0, 0.05) is 10.8 Å². The van der Waals surface area contributed by atoms with Crippen LogP contribution >= 0.6 is 0 Å². The second-order valence-corrected chi connectivity index (χ2v) is 4.97. The van der Waals surface area contributed by atoms with Crippen LogP contribution in [0.25, 0.3) is 21.8 Å². The summed E-state index contributed by atoms with van der Waals surface area (Å²) in [4.78, 5) is 9.09. The van der Waals surface area contributed by atoms with Crippen molar-refractivity contribution in [3.05, 3.63) is 47.8 Å². The highest BCUT2D eigenvalue weighted by Crippen LogP contribution is 2.23. The second kappa shape index (κ2) is 5.40. The van der Waals surface area contributed by atoms with E-state index in [0.717, 1.165) is 10.8 Å². The third kappa shape index (κ3) is 2.24. The molecular formula is C16H14N4O2. The molecule has 22 heavy (non-hydrogen) atoms. The van der Waals surface area contributed by atoms with Gasteiger partial charge in [-0.15, -0.1) is 0 Å². The minimum atomic E-state index is 0.433. The Labute approximate surface area is 126 Å². The molecule has 110 valence electrons. The molecule has 0 radical (unpaired) electrons. The summed E-state index contributed by atoms with van der Waals surface area (Å²) in [6.07, 6.45) is 0. The zero-order valence-electron chi connectivity index (χ0n) is 12.1. The van der Waals surface area contributed by atoms with E-state index < -0.39 is 0 Å². The Morgan fingerprint density at radius 1 is 0.727 bits per heavy atom. The number of aromatic nitrogens is 2. The van der Waals surface area contributed by atoms with Crippen LogP contribution in [-0.4, -0.2) is 31.8 Å². The summed E-state index contributed by atoms with van der Waals surface area (Å²) in [5.41, 5.74) is 3.46. The first-order chi connectivity index (χ1) is 10.6. The molecule has 6 heteroatoms. The first-order valence-electron chi connectivity index (χ1n) is 6.72. The molecule has 0 bridgehead atoms. The molecule has 2 aromatic heterocycles. The van der Waals surface area contributed by atoms with Gasteiger partial charge in [0.2, 0.25) is 0 Å². The van der Waals surface area contributed by atoms with E-state index in [0.29, 0.717) is 33.8 Å². The largest absolute Gasteiger partial charge is 0.411 e. The molecule has 3 rings (SSSR count). The van der Waals surface area contributed by atoms with Crippen LogP contribution in [0.5, 0.6) is 0 Å². The number of oxime groups is 2. The first-order valence-corrected chi connectivity index (χ1v) is 6.72. The molecule has 0 atom stereocenters. The molecule has 6 nitrogen and oxygen atoms in total. The summed E-state index contributed by atoms with van der Waals surface area (Å²) >= 11 is 0. The highest BCUT2D eigenvalue weighted by molar-refractivity contribution is 6.07. The van der Waals surface area contributed by atoms with Crippen LogP contribution in [0.1, 0.15) is 25.2 Å². The van der Waals surface area contributed by atoms with Crippen LogP contribution in [0.15, 0.2) is 46.7 Å². The Morgan fingerprint density at radius 3 is 1.45 bits per heavy atom. The summed E-state index contributed by atoms with van der Waals surface area (Å²) in [6.45, 7) is 3.36. The Balaban J connectivity index is 2.36. The molecule has 0 aliphatic rings. The number of pyridine rings is 2. The Bertz CT molecular complexity index is 855. The van der Waals surface area contributed by atoms with Crippen molar-refractivity contribution >= 4 is 33.2 Å². The molecular weight excluding hydrogens is 280 g/mol. The lowest BCUT2D eigenvalue weighted by Gasteiger charge is -2.06. The van der Waals surface area contributed by atoms with Crippen molar-refractivity contribution < 1.29 is 10.4 Å². The van der Waals surface area contributed by atoms with Crippen molar-refractivity contribution in [1.82, 2.24) is 9.97 Å². The summed E-state index contributed by atoms with van der Waals surface area (Å²) in [5, 5.41) is 26.1. The van der Waals surface area contributed by atoms with Crippen LogP contribution in [-0.2, 0) is 0 Å². The van der Waals surface area contributed by atoms with E-state index in [1.807, 2.05) is 24.3 Å². The van der Waals surface area contributed by atoms with Crippen molar-refractivity contribution in [2.45, 2.75) is 13.8 Å². The highest BCUT2D eigenvalue weighted by atomic mass is 16.4. The Kier molecular flexibility index (Phi) is 3.42. The highest BCUT2D eigenvalue weighted by Gasteiger charge is 2.09. The van der Waals surface area contributed by atoms with Crippen LogP contribution in [0.3, 0.4) is 0 Å². The third-order valence-corrected chi connectivity index (χ3v) is 3.56. The predicted molar refractivity (Wildman–Crippen MR) is 85.0 cm³/mol. The number of benzene rings is 1. The number of hydrogen-bond acceptors (Lipinski definition) is 6. The van der Waals surface area contributed by atoms with Crippen molar-refractivity contribution in [3.63, 3.8) is 0 Å². The molecule has 0 spiro atoms. The minimum absolute atomic E-state index is 0.433. The maximum atomic E-state index is 8.91. The van der Waals surface area contributed by atoms with E-state index in [2.05, 4.69) is 20.3 Å². The maximum Gasteiger partial charge on any atom is 0.102 e. The van der Waals surface area contributed by atoms with E-state index in [9.17, 15) is 0 Å². The van der Waals surface area contributed by atoms with E-state index in [4.69, 9.17) is 10.4 Å². The van der Waals surface area contributed by atoms with Crippen LogP contribution in [0, 0.1) is 0 Å². The van der Waals surface area contributed by atoms with Crippen LogP contribution < -0.4 is 0 Å². The van der Waals surface area contributed by atoms with E-state index >= 15 is 0 Å². The second-order valence-electron chi connectivity index (χ2n) is 4.97. The van der Waals surface area contributed by atoms with Gasteiger partial charge in [-0.3, -0.25) is 0 Å². The summed E-state index contributed by atoms with van der Waals surface area (Å²) < 4.78 is 0. The molecule has 0 aliphatic heterocycles. The van der Waals surface area contributed by atoms with Crippen molar-refractivity contribution in [2.24, 2.45) is 10.3 Å². The molecule has 2 N–H and O–H groups in total. The van der Waals surface area contributed by atoms with Crippen LogP contribution in [0.2, 0.25) is 0 Å². The number of hydrogen-bond donors (Lipinski definition) is 2. The molecule has 0 saturated carbocycles. The Hall–Kier alpha value is -3.02. The normalized spacial score (nSPS) is 13.0. The smallest absolute Gasteiger partial charge is 0.102 e. The summed E-state index contributed by atoms with van der Waals surface area (Å²) in [7, 11) is 0. The van der Waals surface area contributed by atoms with Gasteiger partial charge in [0.25, 0.3) is 0 Å². The monoisotopic (exact) mass is 294 g/mol. The van der Waals surface area contributed by atoms with Crippen molar-refractivity contribution in [2.75, 3.05) is 0 Å². The Morgan fingerprint density at radius 2 is 1.09 bits per heavy atom. The standard InChI is InChI=1S/C16H14N4O2/c1-9(19-21)13-7-5-11-3-4-12-6-8-14(10(2)20-22)18-16(12)15(11)17-13/h3-8,21-22H,1-2H3/b19-9-,20-10-. The molecule has 0 fully saturated rings. The van der Waals surface area contributed by atoms with E-state index in [1.54, 1.807) is 26.0 Å². The minimum Gasteiger partial charge on any atom is -0.411 e. The summed E-state index contributed by atoms with van der Waals surface area (Å²) in [5.74, 6) is 0. The molecule has 0 amide bonds. The fraction of sp³-hybridized carbons (Fsp3) is 0.125. The van der Waals surface area contributed by atoms with Gasteiger partial charge >= 0.3 is 0 Å². The number of rotatable bonds is 2. The molecule has 2 heterocycles. The lowest BCUT2D eigenvalue weighted by molar-refractivity contribution is 0.318. The van der Waals surface area contributed by atoms with Gasteiger partial charge in [-0.25, -0.2) is 9.97 Å². The fourth-order valence-corrected chi connectivity index (χ4v) is 2.27. The van der Waals surface area contributed by atoms with Gasteiger partial charge in [0.15, 0.2) is 0 Å². The zero-order chi connectivity index (χ0) is 15.7. The SMILES string of the molecule is C/C(=N/O)c1ccc2ccc3ccc(/C(C)=N\O)nc3c2n1. The number of nitrogens with zero attached hydrogens (tertiary/aromatic N) is 4. The fourth-order valence-electron chi connectivity index (χ4n) is 2.27. The van der Waals surface area contributed by atoms with Gasteiger partial charge < -0.3 is 10.4 Å². The van der Waals surface area contributed by atoms with Gasteiger partial charge in [0.05, 0.1) is 22.4 Å². The van der Waals surface area contributed by atoms with Crippen molar-refractivity contribution in [3.8, 4) is 0 Å². The molecule has 1 aromatic carbocycles. The first kappa shape index (κ1) is 13.9. The molecule has 0 unspecified atom stereocenters. The predicted octanol–water partition coefficient (Wildman–Crippen LogP) is 3.18.